The predicted octanol–water partition coefficient (Wildman–Crippen LogP) is 8.52. The Labute approximate surface area is 239 Å². The average Bonchev–Trinajstić information content (AvgIpc) is 3.11. The lowest BCUT2D eigenvalue weighted by atomic mass is 10.1. The van der Waals surface area contributed by atoms with Crippen LogP contribution in [-0.2, 0) is 11.4 Å². The number of amides is 2. The first-order chi connectivity index (χ1) is 16.9. The van der Waals surface area contributed by atoms with Crippen LogP contribution in [0.1, 0.15) is 11.1 Å². The van der Waals surface area contributed by atoms with Crippen LogP contribution in [0.5, 0.6) is 5.75 Å². The lowest BCUT2D eigenvalue weighted by Crippen LogP contribution is -2.27. The van der Waals surface area contributed by atoms with Gasteiger partial charge in [0.25, 0.3) is 11.1 Å². The van der Waals surface area contributed by atoms with Crippen molar-refractivity contribution in [3.8, 4) is 5.75 Å². The Balaban J connectivity index is 1.38. The quantitative estimate of drug-likeness (QED) is 0.153. The summed E-state index contributed by atoms with van der Waals surface area (Å²) in [5, 5.41) is 2.48. The van der Waals surface area contributed by atoms with E-state index in [9.17, 15) is 9.59 Å². The highest BCUT2D eigenvalue weighted by Gasteiger charge is 2.36. The molecule has 1 heterocycles. The first kappa shape index (κ1) is 24.6. The van der Waals surface area contributed by atoms with Crippen LogP contribution in [0.15, 0.2) is 83.8 Å². The summed E-state index contributed by atoms with van der Waals surface area (Å²) in [5.74, 6) is 0.437. The van der Waals surface area contributed by atoms with E-state index in [1.165, 1.54) is 10.8 Å². The van der Waals surface area contributed by atoms with Gasteiger partial charge in [0.2, 0.25) is 0 Å². The van der Waals surface area contributed by atoms with E-state index in [2.05, 4.69) is 69.4 Å². The van der Waals surface area contributed by atoms with E-state index in [1.54, 1.807) is 30.3 Å². The molecule has 8 heteroatoms. The molecule has 4 aromatic rings. The molecular formula is C27H16ClI2NO3S. The molecule has 0 bridgehead atoms. The maximum Gasteiger partial charge on any atom is 0.298 e. The molecule has 0 aliphatic carbocycles. The van der Waals surface area contributed by atoms with Crippen LogP contribution in [0.3, 0.4) is 0 Å². The third kappa shape index (κ3) is 5.23. The first-order valence-corrected chi connectivity index (χ1v) is 13.9. The van der Waals surface area contributed by atoms with Crippen LogP contribution in [0.2, 0.25) is 5.02 Å². The zero-order valence-corrected chi connectivity index (χ0v) is 23.9. The van der Waals surface area contributed by atoms with Gasteiger partial charge in [0.1, 0.15) is 12.4 Å². The van der Waals surface area contributed by atoms with Crippen molar-refractivity contribution in [3.05, 3.63) is 107 Å². The molecule has 0 atom stereocenters. The minimum absolute atomic E-state index is 0.344. The number of hydrogen-bond acceptors (Lipinski definition) is 4. The number of hydrogen-bond donors (Lipinski definition) is 0. The Hall–Kier alpha value is -2.08. The molecule has 0 radical (unpaired) electrons. The highest BCUT2D eigenvalue weighted by Crippen LogP contribution is 2.38. The minimum Gasteiger partial charge on any atom is -0.487 e. The molecular weight excluding hydrogens is 708 g/mol. The van der Waals surface area contributed by atoms with E-state index in [4.69, 9.17) is 16.3 Å². The predicted molar refractivity (Wildman–Crippen MR) is 160 cm³/mol. The molecule has 0 spiro atoms. The molecule has 1 aliphatic heterocycles. The normalized spacial score (nSPS) is 14.8. The topological polar surface area (TPSA) is 46.6 Å². The van der Waals surface area contributed by atoms with Gasteiger partial charge in [0.15, 0.2) is 0 Å². The lowest BCUT2D eigenvalue weighted by molar-refractivity contribution is -0.113. The molecule has 1 aliphatic rings. The first-order valence-electron chi connectivity index (χ1n) is 10.5. The summed E-state index contributed by atoms with van der Waals surface area (Å²) in [7, 11) is 0. The van der Waals surface area contributed by atoms with Crippen molar-refractivity contribution in [2.24, 2.45) is 0 Å². The Morgan fingerprint density at radius 3 is 2.40 bits per heavy atom. The summed E-state index contributed by atoms with van der Waals surface area (Å²) in [4.78, 5) is 27.1. The van der Waals surface area contributed by atoms with Crippen LogP contribution >= 0.6 is 68.5 Å². The van der Waals surface area contributed by atoms with E-state index >= 15 is 0 Å². The number of carbonyl (C=O) groups is 2. The number of fused-ring (bicyclic) bond motifs is 1. The van der Waals surface area contributed by atoms with Crippen molar-refractivity contribution in [2.45, 2.75) is 6.61 Å². The van der Waals surface area contributed by atoms with Gasteiger partial charge >= 0.3 is 0 Å². The van der Waals surface area contributed by atoms with Gasteiger partial charge in [-0.05, 0) is 115 Å². The highest BCUT2D eigenvalue weighted by molar-refractivity contribution is 14.1. The van der Waals surface area contributed by atoms with Gasteiger partial charge in [-0.15, -0.1) is 0 Å². The zero-order chi connectivity index (χ0) is 24.5. The molecule has 1 fully saturated rings. The maximum absolute atomic E-state index is 13.0. The number of imide groups is 1. The molecule has 2 amide bonds. The summed E-state index contributed by atoms with van der Waals surface area (Å²) >= 11 is 11.4. The number of anilines is 1. The van der Waals surface area contributed by atoms with E-state index in [-0.39, 0.29) is 11.1 Å². The number of rotatable bonds is 5. The monoisotopic (exact) mass is 723 g/mol. The van der Waals surface area contributed by atoms with Crippen molar-refractivity contribution in [1.29, 1.82) is 0 Å². The van der Waals surface area contributed by atoms with Crippen molar-refractivity contribution in [1.82, 2.24) is 0 Å². The third-order valence-electron chi connectivity index (χ3n) is 5.43. The smallest absolute Gasteiger partial charge is 0.298 e. The highest BCUT2D eigenvalue weighted by atomic mass is 127. The van der Waals surface area contributed by atoms with Crippen molar-refractivity contribution in [3.63, 3.8) is 0 Å². The number of nitrogens with zero attached hydrogens (tertiary/aromatic N) is 1. The third-order valence-corrected chi connectivity index (χ3v) is 8.14. The van der Waals surface area contributed by atoms with Gasteiger partial charge in [0.05, 0.1) is 17.7 Å². The van der Waals surface area contributed by atoms with Gasteiger partial charge < -0.3 is 4.74 Å². The second-order valence-corrected chi connectivity index (χ2v) is 11.5. The van der Waals surface area contributed by atoms with Gasteiger partial charge in [-0.2, -0.15) is 0 Å². The van der Waals surface area contributed by atoms with Crippen molar-refractivity contribution < 1.29 is 14.3 Å². The summed E-state index contributed by atoms with van der Waals surface area (Å²) in [6.45, 7) is 0.450. The van der Waals surface area contributed by atoms with Crippen molar-refractivity contribution >= 4 is 102 Å². The van der Waals surface area contributed by atoms with Crippen molar-refractivity contribution in [2.75, 3.05) is 4.90 Å². The lowest BCUT2D eigenvalue weighted by Gasteiger charge is -2.13. The fraction of sp³-hybridized carbons (Fsp3) is 0.0370. The van der Waals surface area contributed by atoms with Crippen LogP contribution in [0.4, 0.5) is 10.5 Å². The number of thioether (sulfide) groups is 1. The van der Waals surface area contributed by atoms with E-state index < -0.39 is 0 Å². The Bertz CT molecular complexity index is 1490. The van der Waals surface area contributed by atoms with Crippen LogP contribution in [0.25, 0.3) is 16.8 Å². The summed E-state index contributed by atoms with van der Waals surface area (Å²) in [6, 6.07) is 25.1. The molecule has 0 unspecified atom stereocenters. The second kappa shape index (κ2) is 10.5. The Morgan fingerprint density at radius 2 is 1.63 bits per heavy atom. The molecule has 5 rings (SSSR count). The molecule has 174 valence electrons. The number of carbonyl (C=O) groups excluding carboxylic acids is 2. The molecule has 0 aromatic heterocycles. The summed E-state index contributed by atoms with van der Waals surface area (Å²) < 4.78 is 8.08. The zero-order valence-electron chi connectivity index (χ0n) is 18.0. The largest absolute Gasteiger partial charge is 0.487 e. The number of halogens is 3. The fourth-order valence-corrected chi connectivity index (χ4v) is 6.98. The van der Waals surface area contributed by atoms with E-state index in [1.807, 2.05) is 30.3 Å². The fourth-order valence-electron chi connectivity index (χ4n) is 3.83. The minimum atomic E-state index is -0.358. The number of benzene rings is 4. The SMILES string of the molecule is O=C1S/C(=C/c2cc(I)c(OCc3cccc4ccccc34)c(I)c2)C(=O)N1c1cccc(Cl)c1. The van der Waals surface area contributed by atoms with E-state index in [0.717, 1.165) is 40.7 Å². The summed E-state index contributed by atoms with van der Waals surface area (Å²) in [5.41, 5.74) is 2.41. The van der Waals surface area contributed by atoms with Crippen LogP contribution in [0, 0.1) is 7.14 Å². The molecule has 35 heavy (non-hydrogen) atoms. The van der Waals surface area contributed by atoms with Crippen LogP contribution in [-0.4, -0.2) is 11.1 Å². The molecule has 1 saturated heterocycles. The van der Waals surface area contributed by atoms with E-state index in [0.29, 0.717) is 22.2 Å². The van der Waals surface area contributed by atoms with Gasteiger partial charge in [-0.1, -0.05) is 60.1 Å². The Kier molecular flexibility index (Phi) is 7.38. The number of ether oxygens (including phenoxy) is 1. The van der Waals surface area contributed by atoms with Gasteiger partial charge in [0, 0.05) is 5.02 Å². The van der Waals surface area contributed by atoms with Crippen LogP contribution < -0.4 is 9.64 Å². The summed E-state index contributed by atoms with van der Waals surface area (Å²) in [6.07, 6.45) is 1.74. The molecule has 4 aromatic carbocycles. The van der Waals surface area contributed by atoms with Gasteiger partial charge in [-0.3, -0.25) is 9.59 Å². The molecule has 0 N–H and O–H groups in total. The standard InChI is InChI=1S/C27H16ClI2NO3S/c28-19-8-4-9-20(14-19)31-26(32)24(35-27(31)33)13-16-11-22(29)25(23(30)12-16)34-15-18-7-3-6-17-5-1-2-10-21(17)18/h1-14H,15H2/b24-13+. The maximum atomic E-state index is 13.0. The molecule has 0 saturated carbocycles. The molecule has 4 nitrogen and oxygen atoms in total. The second-order valence-electron chi connectivity index (χ2n) is 7.74. The average molecular weight is 724 g/mol. The Morgan fingerprint density at radius 1 is 0.914 bits per heavy atom. The van der Waals surface area contributed by atoms with Gasteiger partial charge in [-0.25, -0.2) is 4.90 Å².